The number of benzene rings is 1. The van der Waals surface area contributed by atoms with Gasteiger partial charge < -0.3 is 20.3 Å². The van der Waals surface area contributed by atoms with Gasteiger partial charge >= 0.3 is 0 Å². The second-order valence-corrected chi connectivity index (χ2v) is 6.59. The highest BCUT2D eigenvalue weighted by atomic mass is 32.2. The Morgan fingerprint density at radius 3 is 2.65 bits per heavy atom. The summed E-state index contributed by atoms with van der Waals surface area (Å²) < 4.78 is 5.70. The van der Waals surface area contributed by atoms with E-state index in [2.05, 4.69) is 11.0 Å². The lowest BCUT2D eigenvalue weighted by Gasteiger charge is -2.37. The van der Waals surface area contributed by atoms with Gasteiger partial charge in [0.05, 0.1) is 18.3 Å². The maximum atomic E-state index is 12.4. The number of nitrogens with two attached hydrogens (primary N) is 1. The molecule has 6 heteroatoms. The van der Waals surface area contributed by atoms with Gasteiger partial charge in [-0.25, -0.2) is 0 Å². The molecule has 0 radical (unpaired) electrons. The molecule has 1 aliphatic rings. The fourth-order valence-electron chi connectivity index (χ4n) is 2.77. The van der Waals surface area contributed by atoms with Gasteiger partial charge in [0.1, 0.15) is 5.75 Å². The molecule has 1 saturated heterocycles. The molecule has 2 rings (SSSR count). The van der Waals surface area contributed by atoms with E-state index < -0.39 is 0 Å². The van der Waals surface area contributed by atoms with Crippen molar-refractivity contribution in [1.29, 1.82) is 0 Å². The molecule has 1 aromatic rings. The Morgan fingerprint density at radius 1 is 1.30 bits per heavy atom. The predicted octanol–water partition coefficient (Wildman–Crippen LogP) is 1.81. The molecular formula is C17H27N3O2S. The lowest BCUT2D eigenvalue weighted by molar-refractivity contribution is -0.132. The molecule has 1 heterocycles. The standard InChI is InChI=1S/C17H27N3O2S/c1-3-22-16-7-5-4-6-15(16)19-9-11-20(12-10-19)17(21)14(18)8-13-23-2/h4-7,14H,3,8-13,18H2,1-2H3/t14-/m0/s1. The summed E-state index contributed by atoms with van der Waals surface area (Å²) in [5.41, 5.74) is 7.11. The molecule has 128 valence electrons. The van der Waals surface area contributed by atoms with E-state index in [1.54, 1.807) is 11.8 Å². The summed E-state index contributed by atoms with van der Waals surface area (Å²) in [6.07, 6.45) is 2.78. The van der Waals surface area contributed by atoms with Crippen molar-refractivity contribution in [3.05, 3.63) is 24.3 Å². The van der Waals surface area contributed by atoms with Crippen LogP contribution in [-0.2, 0) is 4.79 Å². The molecule has 5 nitrogen and oxygen atoms in total. The molecule has 0 saturated carbocycles. The largest absolute Gasteiger partial charge is 0.492 e. The lowest BCUT2D eigenvalue weighted by atomic mass is 10.1. The fraction of sp³-hybridized carbons (Fsp3) is 0.588. The van der Waals surface area contributed by atoms with Crippen LogP contribution < -0.4 is 15.4 Å². The Morgan fingerprint density at radius 2 is 2.00 bits per heavy atom. The van der Waals surface area contributed by atoms with Gasteiger partial charge in [-0.1, -0.05) is 12.1 Å². The van der Waals surface area contributed by atoms with Crippen LogP contribution in [0, 0.1) is 0 Å². The van der Waals surface area contributed by atoms with Crippen LogP contribution >= 0.6 is 11.8 Å². The average molecular weight is 337 g/mol. The zero-order chi connectivity index (χ0) is 16.7. The molecule has 1 aromatic carbocycles. The van der Waals surface area contributed by atoms with Gasteiger partial charge in [0.2, 0.25) is 5.91 Å². The lowest BCUT2D eigenvalue weighted by Crippen LogP contribution is -2.53. The molecule has 0 bridgehead atoms. The molecule has 2 N–H and O–H groups in total. The number of hydrogen-bond acceptors (Lipinski definition) is 5. The molecule has 0 aromatic heterocycles. The van der Waals surface area contributed by atoms with Crippen LogP contribution in [0.1, 0.15) is 13.3 Å². The van der Waals surface area contributed by atoms with E-state index in [9.17, 15) is 4.79 Å². The highest BCUT2D eigenvalue weighted by Gasteiger charge is 2.26. The Hall–Kier alpha value is -1.40. The third-order valence-electron chi connectivity index (χ3n) is 4.05. The minimum atomic E-state index is -0.371. The van der Waals surface area contributed by atoms with Crippen molar-refractivity contribution in [2.24, 2.45) is 5.73 Å². The summed E-state index contributed by atoms with van der Waals surface area (Å²) in [6, 6.07) is 7.71. The SMILES string of the molecule is CCOc1ccccc1N1CCN(C(=O)[C@@H](N)CCSC)CC1. The number of carbonyl (C=O) groups excluding carboxylic acids is 1. The first kappa shape index (κ1) is 17.9. The molecule has 1 fully saturated rings. The Kier molecular flexibility index (Phi) is 7.05. The van der Waals surface area contributed by atoms with E-state index in [1.165, 1.54) is 0 Å². The van der Waals surface area contributed by atoms with Crippen molar-refractivity contribution in [3.63, 3.8) is 0 Å². The van der Waals surface area contributed by atoms with Crippen LogP contribution in [0.4, 0.5) is 5.69 Å². The van der Waals surface area contributed by atoms with Crippen LogP contribution in [0.2, 0.25) is 0 Å². The zero-order valence-corrected chi connectivity index (χ0v) is 14.8. The van der Waals surface area contributed by atoms with Crippen molar-refractivity contribution >= 4 is 23.4 Å². The fourth-order valence-corrected chi connectivity index (χ4v) is 3.26. The topological polar surface area (TPSA) is 58.8 Å². The molecule has 0 spiro atoms. The van der Waals surface area contributed by atoms with Gasteiger partial charge in [0.15, 0.2) is 0 Å². The Labute approximate surface area is 143 Å². The molecule has 0 aliphatic carbocycles. The second kappa shape index (κ2) is 9.03. The summed E-state index contributed by atoms with van der Waals surface area (Å²) in [5, 5.41) is 0. The molecule has 0 unspecified atom stereocenters. The first-order chi connectivity index (χ1) is 11.2. The van der Waals surface area contributed by atoms with Crippen molar-refractivity contribution in [3.8, 4) is 5.75 Å². The van der Waals surface area contributed by atoms with Crippen molar-refractivity contribution in [2.75, 3.05) is 49.7 Å². The summed E-state index contributed by atoms with van der Waals surface area (Å²) in [4.78, 5) is 16.5. The smallest absolute Gasteiger partial charge is 0.239 e. The van der Waals surface area contributed by atoms with E-state index in [4.69, 9.17) is 10.5 Å². The van der Waals surface area contributed by atoms with E-state index in [1.807, 2.05) is 36.3 Å². The third-order valence-corrected chi connectivity index (χ3v) is 4.69. The van der Waals surface area contributed by atoms with Crippen LogP contribution in [0.5, 0.6) is 5.75 Å². The normalized spacial score (nSPS) is 16.3. The monoisotopic (exact) mass is 337 g/mol. The molecule has 1 amide bonds. The summed E-state index contributed by atoms with van der Waals surface area (Å²) in [5.74, 6) is 1.91. The minimum Gasteiger partial charge on any atom is -0.492 e. The molecule has 1 atom stereocenters. The number of carbonyl (C=O) groups is 1. The van der Waals surface area contributed by atoms with Gasteiger partial charge in [0.25, 0.3) is 0 Å². The van der Waals surface area contributed by atoms with Crippen LogP contribution in [0.15, 0.2) is 24.3 Å². The number of amides is 1. The van der Waals surface area contributed by atoms with Gasteiger partial charge in [-0.3, -0.25) is 4.79 Å². The zero-order valence-electron chi connectivity index (χ0n) is 14.0. The number of anilines is 1. The number of thioether (sulfide) groups is 1. The van der Waals surface area contributed by atoms with Gasteiger partial charge in [-0.15, -0.1) is 0 Å². The van der Waals surface area contributed by atoms with E-state index in [-0.39, 0.29) is 11.9 Å². The number of hydrogen-bond donors (Lipinski definition) is 1. The maximum absolute atomic E-state index is 12.4. The molecular weight excluding hydrogens is 310 g/mol. The minimum absolute atomic E-state index is 0.0804. The first-order valence-electron chi connectivity index (χ1n) is 8.17. The quantitative estimate of drug-likeness (QED) is 0.822. The maximum Gasteiger partial charge on any atom is 0.239 e. The predicted molar refractivity (Wildman–Crippen MR) is 97.4 cm³/mol. The van der Waals surface area contributed by atoms with E-state index in [0.717, 1.165) is 36.7 Å². The van der Waals surface area contributed by atoms with E-state index >= 15 is 0 Å². The summed E-state index contributed by atoms with van der Waals surface area (Å²) in [6.45, 7) is 5.69. The summed E-state index contributed by atoms with van der Waals surface area (Å²) in [7, 11) is 0. The Balaban J connectivity index is 1.92. The second-order valence-electron chi connectivity index (χ2n) is 5.60. The molecule has 23 heavy (non-hydrogen) atoms. The third kappa shape index (κ3) is 4.78. The number of ether oxygens (including phenoxy) is 1. The van der Waals surface area contributed by atoms with E-state index in [0.29, 0.717) is 19.7 Å². The van der Waals surface area contributed by atoms with Crippen molar-refractivity contribution < 1.29 is 9.53 Å². The summed E-state index contributed by atoms with van der Waals surface area (Å²) >= 11 is 1.73. The van der Waals surface area contributed by atoms with Crippen LogP contribution in [0.25, 0.3) is 0 Å². The van der Waals surface area contributed by atoms with Crippen molar-refractivity contribution in [2.45, 2.75) is 19.4 Å². The number of rotatable bonds is 7. The first-order valence-corrected chi connectivity index (χ1v) is 9.56. The van der Waals surface area contributed by atoms with Crippen LogP contribution in [0.3, 0.4) is 0 Å². The number of piperazine rings is 1. The van der Waals surface area contributed by atoms with Gasteiger partial charge in [0, 0.05) is 26.2 Å². The van der Waals surface area contributed by atoms with Crippen molar-refractivity contribution in [1.82, 2.24) is 4.90 Å². The average Bonchev–Trinajstić information content (AvgIpc) is 2.60. The number of para-hydroxylation sites is 2. The highest BCUT2D eigenvalue weighted by Crippen LogP contribution is 2.28. The van der Waals surface area contributed by atoms with Gasteiger partial charge in [-0.05, 0) is 37.5 Å². The van der Waals surface area contributed by atoms with Gasteiger partial charge in [-0.2, -0.15) is 11.8 Å². The number of nitrogens with zero attached hydrogens (tertiary/aromatic N) is 2. The highest BCUT2D eigenvalue weighted by molar-refractivity contribution is 7.98. The van der Waals surface area contributed by atoms with Crippen LogP contribution in [-0.4, -0.2) is 61.6 Å². The Bertz CT molecular complexity index is 504. The molecule has 1 aliphatic heterocycles.